The van der Waals surface area contributed by atoms with Gasteiger partial charge >= 0.3 is 0 Å². The normalized spacial score (nSPS) is 10.4. The minimum absolute atomic E-state index is 0.291. The van der Waals surface area contributed by atoms with E-state index < -0.39 is 0 Å². The number of benzene rings is 1. The summed E-state index contributed by atoms with van der Waals surface area (Å²) in [4.78, 5) is 4.07. The summed E-state index contributed by atoms with van der Waals surface area (Å²) in [5.74, 6) is -0.291. The minimum atomic E-state index is -0.291. The van der Waals surface area contributed by atoms with Crippen LogP contribution in [0, 0.1) is 5.82 Å². The summed E-state index contributed by atoms with van der Waals surface area (Å²) in [5.41, 5.74) is 6.92. The number of rotatable bonds is 1. The molecule has 0 saturated carbocycles. The molecule has 2 aromatic rings. The van der Waals surface area contributed by atoms with Gasteiger partial charge in [0.05, 0.1) is 5.69 Å². The van der Waals surface area contributed by atoms with Gasteiger partial charge in [-0.1, -0.05) is 15.9 Å². The lowest BCUT2D eigenvalue weighted by atomic mass is 10.2. The maximum atomic E-state index is 13.0. The molecule has 0 aliphatic heterocycles. The SMILES string of the molecule is Nc1nc(-c2cc(F)cc(Br)c2)cs1. The van der Waals surface area contributed by atoms with E-state index in [4.69, 9.17) is 5.73 Å². The number of hydrogen-bond acceptors (Lipinski definition) is 3. The number of nitrogen functional groups attached to an aromatic ring is 1. The summed E-state index contributed by atoms with van der Waals surface area (Å²) in [6.45, 7) is 0. The molecule has 14 heavy (non-hydrogen) atoms. The molecule has 2 rings (SSSR count). The van der Waals surface area contributed by atoms with Gasteiger partial charge in [0.2, 0.25) is 0 Å². The molecule has 2 nitrogen and oxygen atoms in total. The van der Waals surface area contributed by atoms with Crippen molar-refractivity contribution in [2.75, 3.05) is 5.73 Å². The Bertz CT molecular complexity index is 449. The highest BCUT2D eigenvalue weighted by atomic mass is 79.9. The van der Waals surface area contributed by atoms with Crippen molar-refractivity contribution in [1.29, 1.82) is 0 Å². The van der Waals surface area contributed by atoms with Gasteiger partial charge in [0.25, 0.3) is 0 Å². The number of halogens is 2. The predicted molar refractivity (Wildman–Crippen MR) is 59.6 cm³/mol. The highest BCUT2D eigenvalue weighted by Crippen LogP contribution is 2.26. The maximum Gasteiger partial charge on any atom is 0.180 e. The monoisotopic (exact) mass is 272 g/mol. The number of thiazole rings is 1. The molecular formula is C9H6BrFN2S. The molecule has 0 aliphatic rings. The molecule has 0 spiro atoms. The third-order valence-electron chi connectivity index (χ3n) is 1.68. The highest BCUT2D eigenvalue weighted by molar-refractivity contribution is 9.10. The first-order valence-corrected chi connectivity index (χ1v) is 5.50. The van der Waals surface area contributed by atoms with Crippen molar-refractivity contribution < 1.29 is 4.39 Å². The van der Waals surface area contributed by atoms with Gasteiger partial charge in [-0.25, -0.2) is 9.37 Å². The van der Waals surface area contributed by atoms with Crippen LogP contribution in [0.3, 0.4) is 0 Å². The van der Waals surface area contributed by atoms with Gasteiger partial charge < -0.3 is 5.73 Å². The standard InChI is InChI=1S/C9H6BrFN2S/c10-6-1-5(2-7(11)3-6)8-4-14-9(12)13-8/h1-4H,(H2,12,13). The van der Waals surface area contributed by atoms with Gasteiger partial charge in [0.15, 0.2) is 5.13 Å². The first-order chi connectivity index (χ1) is 6.65. The lowest BCUT2D eigenvalue weighted by molar-refractivity contribution is 0.627. The Hall–Kier alpha value is -0.940. The Balaban J connectivity index is 2.51. The fourth-order valence-corrected chi connectivity index (χ4v) is 2.16. The molecular weight excluding hydrogens is 267 g/mol. The van der Waals surface area contributed by atoms with Gasteiger partial charge in [-0.05, 0) is 18.2 Å². The van der Waals surface area contributed by atoms with Crippen LogP contribution in [0.2, 0.25) is 0 Å². The van der Waals surface area contributed by atoms with E-state index in [1.807, 2.05) is 0 Å². The summed E-state index contributed by atoms with van der Waals surface area (Å²) in [6.07, 6.45) is 0. The fraction of sp³-hybridized carbons (Fsp3) is 0. The third-order valence-corrected chi connectivity index (χ3v) is 2.81. The smallest absolute Gasteiger partial charge is 0.180 e. The average Bonchev–Trinajstić information content (AvgIpc) is 2.50. The lowest BCUT2D eigenvalue weighted by Gasteiger charge is -1.98. The van der Waals surface area contributed by atoms with Crippen LogP contribution in [0.4, 0.5) is 9.52 Å². The zero-order chi connectivity index (χ0) is 10.1. The summed E-state index contributed by atoms with van der Waals surface area (Å²) in [5, 5.41) is 2.29. The Kier molecular flexibility index (Phi) is 2.52. The molecule has 0 unspecified atom stereocenters. The molecule has 2 N–H and O–H groups in total. The van der Waals surface area contributed by atoms with Gasteiger partial charge in [0.1, 0.15) is 5.82 Å². The van der Waals surface area contributed by atoms with E-state index in [1.54, 1.807) is 11.4 Å². The molecule has 1 aromatic heterocycles. The van der Waals surface area contributed by atoms with Gasteiger partial charge in [-0.15, -0.1) is 11.3 Å². The number of aromatic nitrogens is 1. The van der Waals surface area contributed by atoms with Crippen molar-refractivity contribution in [2.24, 2.45) is 0 Å². The molecule has 1 aromatic carbocycles. The second-order valence-corrected chi connectivity index (χ2v) is 4.53. The molecule has 0 fully saturated rings. The Morgan fingerprint density at radius 3 is 2.71 bits per heavy atom. The van der Waals surface area contributed by atoms with Crippen molar-refractivity contribution in [2.45, 2.75) is 0 Å². The van der Waals surface area contributed by atoms with E-state index in [-0.39, 0.29) is 5.82 Å². The molecule has 0 atom stereocenters. The maximum absolute atomic E-state index is 13.0. The first-order valence-electron chi connectivity index (χ1n) is 3.82. The Morgan fingerprint density at radius 1 is 1.36 bits per heavy atom. The van der Waals surface area contributed by atoms with E-state index in [1.165, 1.54) is 23.5 Å². The van der Waals surface area contributed by atoms with Crippen molar-refractivity contribution >= 4 is 32.4 Å². The van der Waals surface area contributed by atoms with Gasteiger partial charge in [-0.2, -0.15) is 0 Å². The van der Waals surface area contributed by atoms with Crippen LogP contribution in [0.25, 0.3) is 11.3 Å². The average molecular weight is 273 g/mol. The van der Waals surface area contributed by atoms with E-state index in [2.05, 4.69) is 20.9 Å². The van der Waals surface area contributed by atoms with Crippen LogP contribution in [0.1, 0.15) is 0 Å². The van der Waals surface area contributed by atoms with Gasteiger partial charge in [0, 0.05) is 15.4 Å². The zero-order valence-corrected chi connectivity index (χ0v) is 9.40. The molecule has 0 bridgehead atoms. The third kappa shape index (κ3) is 1.93. The Morgan fingerprint density at radius 2 is 2.14 bits per heavy atom. The minimum Gasteiger partial charge on any atom is -0.375 e. The first kappa shape index (κ1) is 9.61. The van der Waals surface area contributed by atoms with Crippen LogP contribution in [-0.2, 0) is 0 Å². The van der Waals surface area contributed by atoms with Gasteiger partial charge in [-0.3, -0.25) is 0 Å². The summed E-state index contributed by atoms with van der Waals surface area (Å²) in [7, 11) is 0. The van der Waals surface area contributed by atoms with Crippen LogP contribution in [0.5, 0.6) is 0 Å². The number of anilines is 1. The second kappa shape index (κ2) is 3.67. The molecule has 1 heterocycles. The largest absolute Gasteiger partial charge is 0.375 e. The van der Waals surface area contributed by atoms with E-state index in [0.29, 0.717) is 15.3 Å². The molecule has 5 heteroatoms. The van der Waals surface area contributed by atoms with Crippen LogP contribution < -0.4 is 5.73 Å². The van der Waals surface area contributed by atoms with Crippen molar-refractivity contribution in [3.05, 3.63) is 33.9 Å². The van der Waals surface area contributed by atoms with Crippen LogP contribution in [-0.4, -0.2) is 4.98 Å². The molecule has 0 saturated heterocycles. The van der Waals surface area contributed by atoms with E-state index >= 15 is 0 Å². The van der Waals surface area contributed by atoms with Crippen molar-refractivity contribution in [3.63, 3.8) is 0 Å². The highest BCUT2D eigenvalue weighted by Gasteiger charge is 2.05. The topological polar surface area (TPSA) is 38.9 Å². The second-order valence-electron chi connectivity index (χ2n) is 2.73. The number of nitrogens with zero attached hydrogens (tertiary/aromatic N) is 1. The van der Waals surface area contributed by atoms with Crippen LogP contribution >= 0.6 is 27.3 Å². The summed E-state index contributed by atoms with van der Waals surface area (Å²) >= 11 is 4.56. The molecule has 72 valence electrons. The van der Waals surface area contributed by atoms with Crippen molar-refractivity contribution in [3.8, 4) is 11.3 Å². The summed E-state index contributed by atoms with van der Waals surface area (Å²) in [6, 6.07) is 4.63. The fourth-order valence-electron chi connectivity index (χ4n) is 1.12. The predicted octanol–water partition coefficient (Wildman–Crippen LogP) is 3.29. The molecule has 0 aliphatic carbocycles. The number of nitrogens with two attached hydrogens (primary N) is 1. The van der Waals surface area contributed by atoms with E-state index in [0.717, 1.165) is 5.56 Å². The zero-order valence-electron chi connectivity index (χ0n) is 7.00. The molecule has 0 radical (unpaired) electrons. The Labute approximate surface area is 92.7 Å². The lowest BCUT2D eigenvalue weighted by Crippen LogP contribution is -1.84. The van der Waals surface area contributed by atoms with Crippen LogP contribution in [0.15, 0.2) is 28.1 Å². The number of hydrogen-bond donors (Lipinski definition) is 1. The molecule has 0 amide bonds. The quantitative estimate of drug-likeness (QED) is 0.865. The van der Waals surface area contributed by atoms with Crippen molar-refractivity contribution in [1.82, 2.24) is 4.98 Å². The summed E-state index contributed by atoms with van der Waals surface area (Å²) < 4.78 is 13.7. The van der Waals surface area contributed by atoms with E-state index in [9.17, 15) is 4.39 Å².